The number of benzene rings is 1. The number of nitrogens with zero attached hydrogens (tertiary/aromatic N) is 2. The summed E-state index contributed by atoms with van der Waals surface area (Å²) in [7, 11) is 0. The van der Waals surface area contributed by atoms with Crippen LogP contribution in [0.15, 0.2) is 24.3 Å². The molecule has 6 nitrogen and oxygen atoms in total. The Labute approximate surface area is 142 Å². The zero-order chi connectivity index (χ0) is 16.0. The van der Waals surface area contributed by atoms with Crippen molar-refractivity contribution < 1.29 is 14.3 Å². The molecule has 0 spiro atoms. The van der Waals surface area contributed by atoms with Crippen molar-refractivity contribution in [2.24, 2.45) is 0 Å². The molecule has 0 N–H and O–H groups in total. The molecule has 1 aromatic carbocycles. The van der Waals surface area contributed by atoms with E-state index in [1.165, 1.54) is 24.3 Å². The number of non-ortho nitro benzene ring substituents is 1. The number of rotatable bonds is 3. The summed E-state index contributed by atoms with van der Waals surface area (Å²) < 4.78 is 8.52. The Morgan fingerprint density at radius 3 is 2.10 bits per heavy atom. The SMILES string of the molecule is O=C1N(Cc2ccc([N+](=O)[O-])cc2)[S+]([O-])C(Cl)(Cl)C1(Cl)Cl. The van der Waals surface area contributed by atoms with Gasteiger partial charge in [0, 0.05) is 12.1 Å². The summed E-state index contributed by atoms with van der Waals surface area (Å²) in [5, 5.41) is 10.6. The first-order valence-corrected chi connectivity index (χ1v) is 7.94. The van der Waals surface area contributed by atoms with E-state index in [9.17, 15) is 19.5 Å². The van der Waals surface area contributed by atoms with Crippen LogP contribution in [0.5, 0.6) is 0 Å². The van der Waals surface area contributed by atoms with Gasteiger partial charge in [0.05, 0.1) is 11.5 Å². The summed E-state index contributed by atoms with van der Waals surface area (Å²) in [5.41, 5.74) is 0.373. The van der Waals surface area contributed by atoms with Crippen molar-refractivity contribution in [1.82, 2.24) is 4.31 Å². The molecule has 0 aromatic heterocycles. The number of halogens is 4. The summed E-state index contributed by atoms with van der Waals surface area (Å²) in [4.78, 5) is 22.0. The Bertz CT molecular complexity index is 595. The fraction of sp³-hybridized carbons (Fsp3) is 0.300. The maximum atomic E-state index is 12.1. The zero-order valence-corrected chi connectivity index (χ0v) is 13.8. The first-order valence-electron chi connectivity index (χ1n) is 5.32. The topological polar surface area (TPSA) is 86.5 Å². The van der Waals surface area contributed by atoms with Crippen molar-refractivity contribution in [1.29, 1.82) is 0 Å². The normalized spacial score (nSPS) is 23.4. The molecule has 1 unspecified atom stereocenters. The zero-order valence-electron chi connectivity index (χ0n) is 9.96. The first kappa shape index (κ1) is 16.9. The van der Waals surface area contributed by atoms with E-state index in [1.807, 2.05) is 0 Å². The minimum atomic E-state index is -2.23. The average molecular weight is 392 g/mol. The quantitative estimate of drug-likeness (QED) is 0.343. The van der Waals surface area contributed by atoms with Gasteiger partial charge in [-0.3, -0.25) is 14.9 Å². The number of carbonyl (C=O) groups excluding carboxylic acids is 1. The highest BCUT2D eigenvalue weighted by Gasteiger charge is 2.73. The van der Waals surface area contributed by atoms with Gasteiger partial charge in [0.25, 0.3) is 10.0 Å². The van der Waals surface area contributed by atoms with E-state index in [0.29, 0.717) is 5.56 Å². The fourth-order valence-electron chi connectivity index (χ4n) is 1.62. The highest BCUT2D eigenvalue weighted by atomic mass is 35.5. The third kappa shape index (κ3) is 2.78. The minimum absolute atomic E-state index is 0.110. The number of amides is 1. The maximum absolute atomic E-state index is 12.1. The van der Waals surface area contributed by atoms with Gasteiger partial charge in [0.15, 0.2) is 0 Å². The van der Waals surface area contributed by atoms with Gasteiger partial charge in [-0.15, -0.1) is 0 Å². The summed E-state index contributed by atoms with van der Waals surface area (Å²) in [6.07, 6.45) is 0. The van der Waals surface area contributed by atoms with E-state index < -0.39 is 30.2 Å². The predicted molar refractivity (Wildman–Crippen MR) is 80.7 cm³/mol. The molecule has 1 aliphatic rings. The monoisotopic (exact) mass is 390 g/mol. The third-order valence-electron chi connectivity index (χ3n) is 2.75. The summed E-state index contributed by atoms with van der Waals surface area (Å²) in [6.45, 7) is -0.147. The Morgan fingerprint density at radius 2 is 1.71 bits per heavy atom. The summed E-state index contributed by atoms with van der Waals surface area (Å²) in [6, 6.07) is 5.33. The molecule has 2 rings (SSSR count). The Balaban J connectivity index is 2.24. The second kappa shape index (κ2) is 5.64. The molecule has 11 heteroatoms. The number of nitro benzene ring substituents is 1. The molecule has 21 heavy (non-hydrogen) atoms. The molecule has 1 saturated heterocycles. The molecule has 1 amide bonds. The van der Waals surface area contributed by atoms with Crippen molar-refractivity contribution in [2.75, 3.05) is 0 Å². The van der Waals surface area contributed by atoms with E-state index in [2.05, 4.69) is 0 Å². The lowest BCUT2D eigenvalue weighted by atomic mass is 10.2. The molecule has 0 radical (unpaired) electrons. The number of nitro groups is 1. The lowest BCUT2D eigenvalue weighted by Crippen LogP contribution is -2.38. The van der Waals surface area contributed by atoms with Crippen LogP contribution in [-0.4, -0.2) is 27.7 Å². The van der Waals surface area contributed by atoms with Crippen molar-refractivity contribution >= 4 is 69.4 Å². The van der Waals surface area contributed by atoms with Gasteiger partial charge in [0.1, 0.15) is 11.4 Å². The Morgan fingerprint density at radius 1 is 1.19 bits per heavy atom. The van der Waals surface area contributed by atoms with Crippen LogP contribution < -0.4 is 0 Å². The molecule has 1 fully saturated rings. The van der Waals surface area contributed by atoms with Gasteiger partial charge in [-0.05, 0) is 28.8 Å². The van der Waals surface area contributed by atoms with Crippen LogP contribution >= 0.6 is 46.4 Å². The highest BCUT2D eigenvalue weighted by molar-refractivity contribution is 7.95. The van der Waals surface area contributed by atoms with Crippen molar-refractivity contribution in [3.63, 3.8) is 0 Å². The number of alkyl halides is 4. The van der Waals surface area contributed by atoms with Crippen molar-refractivity contribution in [3.05, 3.63) is 39.9 Å². The third-order valence-corrected chi connectivity index (χ3v) is 7.05. The minimum Gasteiger partial charge on any atom is -0.590 e. The molecule has 0 saturated carbocycles. The number of hydrogen-bond donors (Lipinski definition) is 0. The van der Waals surface area contributed by atoms with E-state index in [1.54, 1.807) is 0 Å². The second-order valence-electron chi connectivity index (χ2n) is 4.11. The Hall–Kier alpha value is -0.440. The van der Waals surface area contributed by atoms with Crippen LogP contribution in [0.3, 0.4) is 0 Å². The van der Waals surface area contributed by atoms with Gasteiger partial charge >= 0.3 is 9.57 Å². The van der Waals surface area contributed by atoms with E-state index in [0.717, 1.165) is 4.31 Å². The lowest BCUT2D eigenvalue weighted by Gasteiger charge is -2.21. The smallest absolute Gasteiger partial charge is 0.340 e. The van der Waals surface area contributed by atoms with Gasteiger partial charge in [-0.1, -0.05) is 35.3 Å². The van der Waals surface area contributed by atoms with Crippen LogP contribution in [0, 0.1) is 10.1 Å². The van der Waals surface area contributed by atoms with Gasteiger partial charge in [-0.25, -0.2) is 0 Å². The highest BCUT2D eigenvalue weighted by Crippen LogP contribution is 2.54. The van der Waals surface area contributed by atoms with E-state index >= 15 is 0 Å². The molecule has 0 aliphatic carbocycles. The van der Waals surface area contributed by atoms with E-state index in [-0.39, 0.29) is 12.2 Å². The second-order valence-corrected chi connectivity index (χ2v) is 8.76. The van der Waals surface area contributed by atoms with Crippen LogP contribution in [0.4, 0.5) is 5.69 Å². The Kier molecular flexibility index (Phi) is 4.55. The lowest BCUT2D eigenvalue weighted by molar-refractivity contribution is -0.384. The van der Waals surface area contributed by atoms with Crippen LogP contribution in [-0.2, 0) is 22.7 Å². The molecular weight excluding hydrogens is 386 g/mol. The fourth-order valence-corrected chi connectivity index (χ4v) is 4.12. The summed E-state index contributed by atoms with van der Waals surface area (Å²) in [5.74, 6) is -0.896. The molecular formula is C10H6Cl4N2O4S. The van der Waals surface area contributed by atoms with Gasteiger partial charge in [-0.2, -0.15) is 4.31 Å². The number of carbonyl (C=O) groups is 1. The predicted octanol–water partition coefficient (Wildman–Crippen LogP) is 2.91. The van der Waals surface area contributed by atoms with Gasteiger partial charge < -0.3 is 4.55 Å². The van der Waals surface area contributed by atoms with Gasteiger partial charge in [0.2, 0.25) is 0 Å². The molecule has 1 heterocycles. The van der Waals surface area contributed by atoms with Crippen molar-refractivity contribution in [2.45, 2.75) is 14.5 Å². The molecule has 1 aliphatic heterocycles. The number of hydrogen-bond acceptors (Lipinski definition) is 4. The van der Waals surface area contributed by atoms with Crippen LogP contribution in [0.1, 0.15) is 5.56 Å². The average Bonchev–Trinajstić information content (AvgIpc) is 2.52. The maximum Gasteiger partial charge on any atom is 0.340 e. The molecule has 1 atom stereocenters. The summed E-state index contributed by atoms with van der Waals surface area (Å²) >= 11 is 20.9. The largest absolute Gasteiger partial charge is 0.590 e. The van der Waals surface area contributed by atoms with Crippen LogP contribution in [0.2, 0.25) is 0 Å². The molecule has 0 bridgehead atoms. The van der Waals surface area contributed by atoms with Crippen LogP contribution in [0.25, 0.3) is 0 Å². The molecule has 1 aromatic rings. The van der Waals surface area contributed by atoms with E-state index in [4.69, 9.17) is 46.4 Å². The van der Waals surface area contributed by atoms with Crippen molar-refractivity contribution in [3.8, 4) is 0 Å². The molecule has 114 valence electrons. The standard InChI is InChI=1S/C10H6Cl4N2O4S/c11-9(12)8(17)15(21(20)10(9,13)14)5-6-1-3-7(4-2-6)16(18)19/h1-4H,5H2. The first-order chi connectivity index (χ1) is 9.59.